The van der Waals surface area contributed by atoms with Crippen LogP contribution in [0.3, 0.4) is 0 Å². The third-order valence-corrected chi connectivity index (χ3v) is 4.70. The molecule has 0 radical (unpaired) electrons. The van der Waals surface area contributed by atoms with Crippen LogP contribution in [0.2, 0.25) is 0 Å². The summed E-state index contributed by atoms with van der Waals surface area (Å²) in [7, 11) is -1.95. The number of amides is 1. The van der Waals surface area contributed by atoms with Crippen LogP contribution in [0.15, 0.2) is 10.6 Å². The summed E-state index contributed by atoms with van der Waals surface area (Å²) in [6.45, 7) is 2.74. The SMILES string of the molecule is Cc1cc(CN(C)C(=O)C2CCN(S(N)(=O)=O)CC2)no1. The molecule has 9 heteroatoms. The predicted molar refractivity (Wildman–Crippen MR) is 75.1 cm³/mol. The average molecular weight is 316 g/mol. The number of nitrogens with two attached hydrogens (primary N) is 1. The topological polar surface area (TPSA) is 110 Å². The van der Waals surface area contributed by atoms with Crippen molar-refractivity contribution in [1.82, 2.24) is 14.4 Å². The summed E-state index contributed by atoms with van der Waals surface area (Å²) in [4.78, 5) is 13.9. The van der Waals surface area contributed by atoms with Crippen molar-refractivity contribution in [3.05, 3.63) is 17.5 Å². The first-order valence-corrected chi connectivity index (χ1v) is 8.22. The summed E-state index contributed by atoms with van der Waals surface area (Å²) in [5.74, 6) is 0.512. The Bertz CT molecular complexity index is 605. The van der Waals surface area contributed by atoms with Gasteiger partial charge in [0.15, 0.2) is 0 Å². The Morgan fingerprint density at radius 3 is 2.62 bits per heavy atom. The van der Waals surface area contributed by atoms with E-state index in [0.717, 1.165) is 0 Å². The third-order valence-electron chi connectivity index (χ3n) is 3.62. The van der Waals surface area contributed by atoms with Gasteiger partial charge in [-0.2, -0.15) is 12.7 Å². The van der Waals surface area contributed by atoms with E-state index in [-0.39, 0.29) is 24.9 Å². The standard InChI is InChI=1S/C12H20N4O4S/c1-9-7-11(14-20-9)8-15(2)12(17)10-3-5-16(6-4-10)21(13,18)19/h7,10H,3-6,8H2,1-2H3,(H2,13,18,19). The fraction of sp³-hybridized carbons (Fsp3) is 0.667. The lowest BCUT2D eigenvalue weighted by Crippen LogP contribution is -2.45. The molecule has 1 aromatic heterocycles. The van der Waals surface area contributed by atoms with Gasteiger partial charge in [-0.25, -0.2) is 5.14 Å². The predicted octanol–water partition coefficient (Wildman–Crippen LogP) is -0.143. The van der Waals surface area contributed by atoms with Gasteiger partial charge in [-0.3, -0.25) is 4.79 Å². The number of carbonyl (C=O) groups is 1. The van der Waals surface area contributed by atoms with Crippen LogP contribution in [0.25, 0.3) is 0 Å². The lowest BCUT2D eigenvalue weighted by molar-refractivity contribution is -0.136. The van der Waals surface area contributed by atoms with E-state index < -0.39 is 10.2 Å². The average Bonchev–Trinajstić information content (AvgIpc) is 2.82. The maximum absolute atomic E-state index is 12.3. The van der Waals surface area contributed by atoms with Crippen LogP contribution >= 0.6 is 0 Å². The van der Waals surface area contributed by atoms with E-state index in [1.807, 2.05) is 0 Å². The van der Waals surface area contributed by atoms with E-state index in [0.29, 0.717) is 30.8 Å². The van der Waals surface area contributed by atoms with Gasteiger partial charge >= 0.3 is 0 Å². The lowest BCUT2D eigenvalue weighted by atomic mass is 9.96. The van der Waals surface area contributed by atoms with Gasteiger partial charge in [-0.1, -0.05) is 5.16 Å². The molecule has 1 saturated heterocycles. The lowest BCUT2D eigenvalue weighted by Gasteiger charge is -2.31. The monoisotopic (exact) mass is 316 g/mol. The Morgan fingerprint density at radius 1 is 1.52 bits per heavy atom. The van der Waals surface area contributed by atoms with Gasteiger partial charge < -0.3 is 9.42 Å². The maximum atomic E-state index is 12.3. The minimum absolute atomic E-state index is 0.00952. The molecule has 0 unspecified atom stereocenters. The van der Waals surface area contributed by atoms with E-state index in [1.165, 1.54) is 4.31 Å². The molecule has 0 aromatic carbocycles. The number of aromatic nitrogens is 1. The Hall–Kier alpha value is -1.45. The largest absolute Gasteiger partial charge is 0.361 e. The first-order chi connectivity index (χ1) is 9.77. The Balaban J connectivity index is 1.89. The van der Waals surface area contributed by atoms with Crippen molar-refractivity contribution in [3.63, 3.8) is 0 Å². The number of hydrogen-bond donors (Lipinski definition) is 1. The number of nitrogens with zero attached hydrogens (tertiary/aromatic N) is 3. The number of aryl methyl sites for hydroxylation is 1. The third kappa shape index (κ3) is 4.02. The minimum Gasteiger partial charge on any atom is -0.361 e. The normalized spacial score (nSPS) is 17.9. The maximum Gasteiger partial charge on any atom is 0.276 e. The molecule has 0 atom stereocenters. The molecule has 1 amide bonds. The summed E-state index contributed by atoms with van der Waals surface area (Å²) in [5.41, 5.74) is 0.699. The molecular weight excluding hydrogens is 296 g/mol. The van der Waals surface area contributed by atoms with Gasteiger partial charge in [-0.05, 0) is 19.8 Å². The van der Waals surface area contributed by atoms with Gasteiger partial charge in [0, 0.05) is 32.1 Å². The Morgan fingerprint density at radius 2 is 2.14 bits per heavy atom. The highest BCUT2D eigenvalue weighted by atomic mass is 32.2. The van der Waals surface area contributed by atoms with Crippen LogP contribution in [-0.4, -0.2) is 48.8 Å². The molecule has 0 aliphatic carbocycles. The summed E-state index contributed by atoms with van der Waals surface area (Å²) >= 11 is 0. The zero-order valence-corrected chi connectivity index (χ0v) is 13.0. The summed E-state index contributed by atoms with van der Waals surface area (Å²) in [6.07, 6.45) is 0.967. The highest BCUT2D eigenvalue weighted by Gasteiger charge is 2.30. The van der Waals surface area contributed by atoms with Gasteiger partial charge in [0.1, 0.15) is 11.5 Å². The molecular formula is C12H20N4O4S. The fourth-order valence-corrected chi connectivity index (χ4v) is 3.20. The van der Waals surface area contributed by atoms with Crippen LogP contribution < -0.4 is 5.14 Å². The molecule has 118 valence electrons. The van der Waals surface area contributed by atoms with E-state index in [2.05, 4.69) is 5.16 Å². The van der Waals surface area contributed by atoms with Gasteiger partial charge in [0.2, 0.25) is 5.91 Å². The molecule has 1 aliphatic heterocycles. The molecule has 1 fully saturated rings. The molecule has 0 bridgehead atoms. The van der Waals surface area contributed by atoms with Crippen LogP contribution in [0.1, 0.15) is 24.3 Å². The molecule has 0 spiro atoms. The van der Waals surface area contributed by atoms with Crippen LogP contribution in [-0.2, 0) is 21.5 Å². The van der Waals surface area contributed by atoms with Crippen LogP contribution in [0, 0.1) is 12.8 Å². The fourth-order valence-electron chi connectivity index (χ4n) is 2.48. The van der Waals surface area contributed by atoms with Crippen molar-refractivity contribution in [3.8, 4) is 0 Å². The molecule has 0 saturated carbocycles. The second-order valence-electron chi connectivity index (χ2n) is 5.34. The number of piperidine rings is 1. The van der Waals surface area contributed by atoms with E-state index in [4.69, 9.17) is 9.66 Å². The molecule has 1 aromatic rings. The highest BCUT2D eigenvalue weighted by molar-refractivity contribution is 7.86. The first-order valence-electron chi connectivity index (χ1n) is 6.72. The Labute approximate surface area is 124 Å². The number of carbonyl (C=O) groups excluding carboxylic acids is 1. The van der Waals surface area contributed by atoms with E-state index >= 15 is 0 Å². The second kappa shape index (κ2) is 6.12. The molecule has 1 aliphatic rings. The van der Waals surface area contributed by atoms with Crippen LogP contribution in [0.5, 0.6) is 0 Å². The second-order valence-corrected chi connectivity index (χ2v) is 6.89. The molecule has 21 heavy (non-hydrogen) atoms. The summed E-state index contributed by atoms with van der Waals surface area (Å²) < 4.78 is 28.6. The molecule has 8 nitrogen and oxygen atoms in total. The summed E-state index contributed by atoms with van der Waals surface area (Å²) in [6, 6.07) is 1.79. The number of rotatable bonds is 4. The van der Waals surface area contributed by atoms with Crippen molar-refractivity contribution in [1.29, 1.82) is 0 Å². The van der Waals surface area contributed by atoms with Crippen molar-refractivity contribution in [2.45, 2.75) is 26.3 Å². The smallest absolute Gasteiger partial charge is 0.276 e. The molecule has 2 rings (SSSR count). The molecule has 2 N–H and O–H groups in total. The quantitative estimate of drug-likeness (QED) is 0.831. The van der Waals surface area contributed by atoms with Gasteiger partial charge in [0.25, 0.3) is 10.2 Å². The first kappa shape index (κ1) is 15.9. The van der Waals surface area contributed by atoms with Crippen molar-refractivity contribution in [2.24, 2.45) is 11.1 Å². The van der Waals surface area contributed by atoms with Gasteiger partial charge in [0.05, 0.1) is 6.54 Å². The van der Waals surface area contributed by atoms with Crippen molar-refractivity contribution in [2.75, 3.05) is 20.1 Å². The van der Waals surface area contributed by atoms with E-state index in [9.17, 15) is 13.2 Å². The zero-order valence-electron chi connectivity index (χ0n) is 12.2. The van der Waals surface area contributed by atoms with E-state index in [1.54, 1.807) is 24.9 Å². The number of hydrogen-bond acceptors (Lipinski definition) is 5. The molecule has 2 heterocycles. The van der Waals surface area contributed by atoms with Crippen molar-refractivity contribution >= 4 is 16.1 Å². The Kier molecular flexibility index (Phi) is 4.64. The highest BCUT2D eigenvalue weighted by Crippen LogP contribution is 2.21. The summed E-state index contributed by atoms with van der Waals surface area (Å²) in [5, 5.41) is 8.93. The zero-order chi connectivity index (χ0) is 15.6. The van der Waals surface area contributed by atoms with Crippen LogP contribution in [0.4, 0.5) is 0 Å². The van der Waals surface area contributed by atoms with Gasteiger partial charge in [-0.15, -0.1) is 0 Å². The minimum atomic E-state index is -3.66. The van der Waals surface area contributed by atoms with Crippen molar-refractivity contribution < 1.29 is 17.7 Å².